The summed E-state index contributed by atoms with van der Waals surface area (Å²) in [6, 6.07) is 2.48. The minimum atomic E-state index is -0.921. The molecular weight excluding hydrogens is 354 g/mol. The smallest absolute Gasteiger partial charge is 0.400 e. The predicted molar refractivity (Wildman–Crippen MR) is 93.8 cm³/mol. The average molecular weight is 376 g/mol. The Balaban J connectivity index is 0.00000576. The number of nitro groups is 1. The molecule has 0 saturated heterocycles. The first-order valence-corrected chi connectivity index (χ1v) is 7.55. The lowest BCUT2D eigenvalue weighted by molar-refractivity contribution is -0.402. The molecule has 10 nitrogen and oxygen atoms in total. The van der Waals surface area contributed by atoms with Gasteiger partial charge in [-0.25, -0.2) is 5.43 Å². The summed E-state index contributed by atoms with van der Waals surface area (Å²) in [7, 11) is 0. The number of halogens is 1. The second-order valence-corrected chi connectivity index (χ2v) is 4.77. The molecule has 0 spiro atoms. The minimum absolute atomic E-state index is 0. The van der Waals surface area contributed by atoms with E-state index < -0.39 is 22.6 Å². The third-order valence-corrected chi connectivity index (χ3v) is 3.19. The SMILES string of the molecule is CCN(CC)CCCNC(=O)C(=O)NN=Cc1ccc([N+](=O)[O-])o1.Cl. The molecule has 0 unspecified atom stereocenters. The largest absolute Gasteiger partial charge is 0.433 e. The summed E-state index contributed by atoms with van der Waals surface area (Å²) in [5.41, 5.74) is 2.02. The molecule has 25 heavy (non-hydrogen) atoms. The van der Waals surface area contributed by atoms with Gasteiger partial charge in [0.1, 0.15) is 4.92 Å². The molecule has 0 aliphatic rings. The minimum Gasteiger partial charge on any atom is -0.400 e. The molecule has 1 aromatic heterocycles. The molecule has 1 aromatic rings. The van der Waals surface area contributed by atoms with Crippen LogP contribution in [0, 0.1) is 10.1 Å². The Labute approximate surface area is 151 Å². The molecule has 0 aromatic carbocycles. The Bertz CT molecular complexity index is 600. The fourth-order valence-corrected chi connectivity index (χ4v) is 1.84. The quantitative estimate of drug-likeness (QED) is 0.217. The van der Waals surface area contributed by atoms with E-state index in [1.165, 1.54) is 6.07 Å². The first-order chi connectivity index (χ1) is 11.5. The van der Waals surface area contributed by atoms with Crippen molar-refractivity contribution in [2.24, 2.45) is 5.10 Å². The number of nitrogens with one attached hydrogen (secondary N) is 2. The maximum Gasteiger partial charge on any atom is 0.433 e. The highest BCUT2D eigenvalue weighted by molar-refractivity contribution is 6.35. The molecule has 0 aliphatic carbocycles. The van der Waals surface area contributed by atoms with Crippen molar-refractivity contribution in [1.29, 1.82) is 0 Å². The van der Waals surface area contributed by atoms with Gasteiger partial charge in [0, 0.05) is 6.54 Å². The van der Waals surface area contributed by atoms with Gasteiger partial charge in [0.2, 0.25) is 0 Å². The van der Waals surface area contributed by atoms with Gasteiger partial charge in [-0.15, -0.1) is 12.4 Å². The number of hydrogen-bond acceptors (Lipinski definition) is 7. The summed E-state index contributed by atoms with van der Waals surface area (Å²) in [4.78, 5) is 35.0. The highest BCUT2D eigenvalue weighted by atomic mass is 35.5. The Morgan fingerprint density at radius 2 is 2.00 bits per heavy atom. The zero-order chi connectivity index (χ0) is 17.9. The van der Waals surface area contributed by atoms with Crippen molar-refractivity contribution in [2.75, 3.05) is 26.2 Å². The summed E-state index contributed by atoms with van der Waals surface area (Å²) in [6.45, 7) is 7.21. The maximum atomic E-state index is 11.5. The lowest BCUT2D eigenvalue weighted by Crippen LogP contribution is -2.39. The zero-order valence-corrected chi connectivity index (χ0v) is 14.9. The summed E-state index contributed by atoms with van der Waals surface area (Å²) in [6.07, 6.45) is 1.80. The monoisotopic (exact) mass is 375 g/mol. The number of hydrogen-bond donors (Lipinski definition) is 2. The fraction of sp³-hybridized carbons (Fsp3) is 0.500. The molecule has 0 bridgehead atoms. The molecule has 2 N–H and O–H groups in total. The second kappa shape index (κ2) is 12.0. The summed E-state index contributed by atoms with van der Waals surface area (Å²) < 4.78 is 4.81. The van der Waals surface area contributed by atoms with E-state index in [-0.39, 0.29) is 18.2 Å². The van der Waals surface area contributed by atoms with E-state index in [0.717, 1.165) is 38.3 Å². The van der Waals surface area contributed by atoms with Crippen molar-refractivity contribution in [3.63, 3.8) is 0 Å². The van der Waals surface area contributed by atoms with Crippen LogP contribution in [-0.2, 0) is 9.59 Å². The molecule has 2 amide bonds. The molecule has 0 radical (unpaired) electrons. The van der Waals surface area contributed by atoms with Crippen molar-refractivity contribution in [2.45, 2.75) is 20.3 Å². The normalized spacial score (nSPS) is 10.5. The Hall–Kier alpha value is -2.46. The van der Waals surface area contributed by atoms with Crippen LogP contribution >= 0.6 is 12.4 Å². The highest BCUT2D eigenvalue weighted by Gasteiger charge is 2.13. The average Bonchev–Trinajstić information content (AvgIpc) is 3.04. The van der Waals surface area contributed by atoms with E-state index >= 15 is 0 Å². The number of furan rings is 1. The van der Waals surface area contributed by atoms with Crippen LogP contribution in [0.5, 0.6) is 0 Å². The number of rotatable bonds is 9. The van der Waals surface area contributed by atoms with Crippen LogP contribution in [0.1, 0.15) is 26.0 Å². The first-order valence-electron chi connectivity index (χ1n) is 7.55. The molecule has 1 heterocycles. The van der Waals surface area contributed by atoms with Gasteiger partial charge in [-0.3, -0.25) is 19.7 Å². The molecule has 11 heteroatoms. The van der Waals surface area contributed by atoms with Gasteiger partial charge in [-0.2, -0.15) is 5.10 Å². The van der Waals surface area contributed by atoms with E-state index in [2.05, 4.69) is 29.2 Å². The van der Waals surface area contributed by atoms with Gasteiger partial charge in [-0.1, -0.05) is 13.8 Å². The first kappa shape index (κ1) is 22.5. The van der Waals surface area contributed by atoms with Gasteiger partial charge in [-0.05, 0) is 32.1 Å². The van der Waals surface area contributed by atoms with Crippen LogP contribution in [-0.4, -0.2) is 54.0 Å². The molecular formula is C14H22ClN5O5. The molecule has 0 aliphatic heterocycles. The number of nitrogens with zero attached hydrogens (tertiary/aromatic N) is 3. The maximum absolute atomic E-state index is 11.5. The van der Waals surface area contributed by atoms with Crippen LogP contribution in [0.25, 0.3) is 0 Å². The van der Waals surface area contributed by atoms with E-state index in [1.54, 1.807) is 0 Å². The lowest BCUT2D eigenvalue weighted by Gasteiger charge is -2.17. The summed E-state index contributed by atoms with van der Waals surface area (Å²) in [5.74, 6) is -2.07. The van der Waals surface area contributed by atoms with Crippen molar-refractivity contribution in [1.82, 2.24) is 15.6 Å². The fourth-order valence-electron chi connectivity index (χ4n) is 1.84. The van der Waals surface area contributed by atoms with Crippen LogP contribution in [0.4, 0.5) is 5.88 Å². The van der Waals surface area contributed by atoms with E-state index in [0.29, 0.717) is 6.54 Å². The number of amides is 2. The van der Waals surface area contributed by atoms with Gasteiger partial charge < -0.3 is 14.6 Å². The number of carbonyl (C=O) groups is 2. The van der Waals surface area contributed by atoms with Crippen molar-refractivity contribution >= 4 is 36.3 Å². The lowest BCUT2D eigenvalue weighted by atomic mass is 10.3. The molecule has 140 valence electrons. The van der Waals surface area contributed by atoms with Crippen molar-refractivity contribution in [3.8, 4) is 0 Å². The molecule has 1 rings (SSSR count). The van der Waals surface area contributed by atoms with E-state index in [4.69, 9.17) is 4.42 Å². The van der Waals surface area contributed by atoms with Crippen molar-refractivity contribution < 1.29 is 18.9 Å². The van der Waals surface area contributed by atoms with Crippen LogP contribution in [0.3, 0.4) is 0 Å². The molecule has 0 saturated carbocycles. The van der Waals surface area contributed by atoms with Gasteiger partial charge >= 0.3 is 17.7 Å². The Kier molecular flexibility index (Phi) is 10.8. The van der Waals surface area contributed by atoms with Gasteiger partial charge in [0.05, 0.1) is 12.3 Å². The van der Waals surface area contributed by atoms with Crippen molar-refractivity contribution in [3.05, 3.63) is 28.0 Å². The standard InChI is InChI=1S/C14H21N5O5.ClH/c1-3-18(4-2)9-5-8-15-13(20)14(21)17-16-10-11-6-7-12(24-11)19(22)23;/h6-7,10H,3-5,8-9H2,1-2H3,(H,15,20)(H,17,21);1H. The third kappa shape index (κ3) is 8.27. The zero-order valence-electron chi connectivity index (χ0n) is 14.1. The summed E-state index contributed by atoms with van der Waals surface area (Å²) in [5, 5.41) is 16.4. The molecule has 0 fully saturated rings. The molecule has 0 atom stereocenters. The van der Waals surface area contributed by atoms with Crippen LogP contribution in [0.15, 0.2) is 21.7 Å². The summed E-state index contributed by atoms with van der Waals surface area (Å²) >= 11 is 0. The number of hydrazone groups is 1. The van der Waals surface area contributed by atoms with Gasteiger partial charge in [0.25, 0.3) is 0 Å². The van der Waals surface area contributed by atoms with E-state index in [1.807, 2.05) is 5.43 Å². The van der Waals surface area contributed by atoms with Gasteiger partial charge in [0.15, 0.2) is 5.76 Å². The second-order valence-electron chi connectivity index (χ2n) is 4.77. The van der Waals surface area contributed by atoms with E-state index in [9.17, 15) is 19.7 Å². The topological polar surface area (TPSA) is 130 Å². The Morgan fingerprint density at radius 1 is 1.32 bits per heavy atom. The van der Waals surface area contributed by atoms with Crippen LogP contribution < -0.4 is 10.7 Å². The third-order valence-electron chi connectivity index (χ3n) is 3.19. The predicted octanol–water partition coefficient (Wildman–Crippen LogP) is 0.908. The number of carbonyl (C=O) groups excluding carboxylic acids is 2. The van der Waals surface area contributed by atoms with Crippen LogP contribution in [0.2, 0.25) is 0 Å². The Morgan fingerprint density at radius 3 is 2.56 bits per heavy atom. The highest BCUT2D eigenvalue weighted by Crippen LogP contribution is 2.13.